The quantitative estimate of drug-likeness (QED) is 0.373. The Labute approximate surface area is 188 Å². The molecule has 3 aromatic rings. The monoisotopic (exact) mass is 509 g/mol. The van der Waals surface area contributed by atoms with Crippen LogP contribution in [0.1, 0.15) is 45.9 Å². The second kappa shape index (κ2) is 5.75. The summed E-state index contributed by atoms with van der Waals surface area (Å²) in [4.78, 5) is 15.2. The molecule has 0 N–H and O–H groups in total. The Kier molecular flexibility index (Phi) is 3.57. The van der Waals surface area contributed by atoms with Crippen molar-refractivity contribution >= 4 is 23.0 Å². The summed E-state index contributed by atoms with van der Waals surface area (Å²) < 4.78 is 0.520. The molecule has 0 bridgehead atoms. The van der Waals surface area contributed by atoms with E-state index in [2.05, 4.69) is 99.0 Å². The average Bonchev–Trinajstić information content (AvgIpc) is 3.16. The number of anilines is 4. The van der Waals surface area contributed by atoms with Crippen molar-refractivity contribution in [2.75, 3.05) is 9.80 Å². The molecule has 154 valence electrons. The fourth-order valence-corrected chi connectivity index (χ4v) is 9.31. The van der Waals surface area contributed by atoms with Gasteiger partial charge in [-0.3, -0.25) is 0 Å². The molecular weight excluding hydrogens is 483 g/mol. The molecule has 1 fully saturated rings. The first-order chi connectivity index (χ1) is 14.3. The third-order valence-electron chi connectivity index (χ3n) is 6.91. The SMILES string of the molecule is CC(C)(C)c1cnc2c(n1)N1c3ccccc3C3(C)[I-]C3(C)C1N2c1ccccc1. The van der Waals surface area contributed by atoms with Gasteiger partial charge in [0.2, 0.25) is 0 Å². The average molecular weight is 509 g/mol. The van der Waals surface area contributed by atoms with E-state index in [4.69, 9.17) is 9.97 Å². The first kappa shape index (κ1) is 18.6. The van der Waals surface area contributed by atoms with Crippen molar-refractivity contribution in [3.63, 3.8) is 0 Å². The molecule has 4 heterocycles. The predicted octanol–water partition coefficient (Wildman–Crippen LogP) is 2.48. The fraction of sp³-hybridized carbons (Fsp3) is 0.360. The molecule has 3 unspecified atom stereocenters. The number of hydrogen-bond acceptors (Lipinski definition) is 4. The second-order valence-electron chi connectivity index (χ2n) is 9.79. The van der Waals surface area contributed by atoms with E-state index >= 15 is 0 Å². The standard InChI is InChI=1S/C25H26IN4/c1-23(2,3)19-15-27-20-21(28-19)30-18-14-10-9-13-17(18)24(4)25(5,26-24)22(30)29(20)16-11-7-6-8-12-16/h6-15,22H,1-5H3/q-1. The molecule has 0 amide bonds. The van der Waals surface area contributed by atoms with E-state index in [1.54, 1.807) is 0 Å². The summed E-state index contributed by atoms with van der Waals surface area (Å²) in [6.45, 7) is 11.6. The zero-order valence-electron chi connectivity index (χ0n) is 18.0. The summed E-state index contributed by atoms with van der Waals surface area (Å²) >= 11 is -0.0123. The van der Waals surface area contributed by atoms with E-state index in [9.17, 15) is 0 Å². The normalized spacial score (nSPS) is 28.8. The minimum absolute atomic E-state index is 0.0123. The van der Waals surface area contributed by atoms with Crippen molar-refractivity contribution in [3.05, 3.63) is 72.1 Å². The van der Waals surface area contributed by atoms with Gasteiger partial charge in [0, 0.05) is 0 Å². The van der Waals surface area contributed by atoms with Gasteiger partial charge in [0.1, 0.15) is 0 Å². The minimum atomic E-state index is -0.0437. The molecule has 3 atom stereocenters. The summed E-state index contributed by atoms with van der Waals surface area (Å²) in [5.74, 6) is 1.98. The number of halogens is 1. The topological polar surface area (TPSA) is 32.3 Å². The van der Waals surface area contributed by atoms with Crippen LogP contribution in [0.15, 0.2) is 60.8 Å². The Morgan fingerprint density at radius 2 is 1.60 bits per heavy atom. The van der Waals surface area contributed by atoms with Crippen LogP contribution in [-0.2, 0) is 8.84 Å². The molecule has 0 radical (unpaired) electrons. The molecule has 3 aliphatic heterocycles. The van der Waals surface area contributed by atoms with E-state index in [1.807, 2.05) is 6.20 Å². The van der Waals surface area contributed by atoms with Crippen LogP contribution in [0.25, 0.3) is 0 Å². The van der Waals surface area contributed by atoms with Crippen molar-refractivity contribution in [1.29, 1.82) is 0 Å². The van der Waals surface area contributed by atoms with E-state index in [0.717, 1.165) is 17.3 Å². The van der Waals surface area contributed by atoms with Gasteiger partial charge in [-0.15, -0.1) is 0 Å². The number of rotatable bonds is 1. The van der Waals surface area contributed by atoms with Gasteiger partial charge >= 0.3 is 189 Å². The van der Waals surface area contributed by atoms with Gasteiger partial charge in [-0.2, -0.15) is 0 Å². The van der Waals surface area contributed by atoms with Gasteiger partial charge in [-0.05, 0) is 0 Å². The fourth-order valence-electron chi connectivity index (χ4n) is 5.05. The van der Waals surface area contributed by atoms with Crippen LogP contribution in [0.2, 0.25) is 0 Å². The molecule has 30 heavy (non-hydrogen) atoms. The van der Waals surface area contributed by atoms with Crippen LogP contribution in [0.4, 0.5) is 23.0 Å². The van der Waals surface area contributed by atoms with E-state index in [1.165, 1.54) is 16.9 Å². The van der Waals surface area contributed by atoms with Crippen LogP contribution in [0.5, 0.6) is 0 Å². The van der Waals surface area contributed by atoms with E-state index in [-0.39, 0.29) is 39.6 Å². The molecule has 0 aliphatic carbocycles. The molecule has 4 nitrogen and oxygen atoms in total. The van der Waals surface area contributed by atoms with Crippen molar-refractivity contribution in [1.82, 2.24) is 9.97 Å². The van der Waals surface area contributed by atoms with Crippen molar-refractivity contribution in [2.45, 2.75) is 53.0 Å². The number of alkyl halides is 2. The molecule has 3 aliphatic rings. The Morgan fingerprint density at radius 3 is 2.33 bits per heavy atom. The zero-order valence-corrected chi connectivity index (χ0v) is 20.2. The molecule has 2 aromatic carbocycles. The van der Waals surface area contributed by atoms with Crippen LogP contribution in [0, 0.1) is 0 Å². The van der Waals surface area contributed by atoms with E-state index < -0.39 is 0 Å². The number of fused-ring (bicyclic) bond motifs is 8. The molecule has 0 saturated carbocycles. The van der Waals surface area contributed by atoms with Crippen LogP contribution < -0.4 is 31.0 Å². The Bertz CT molecular complexity index is 1170. The molecule has 1 aromatic heterocycles. The summed E-state index contributed by atoms with van der Waals surface area (Å²) in [5.41, 5.74) is 4.98. The van der Waals surface area contributed by atoms with Crippen molar-refractivity contribution in [2.24, 2.45) is 0 Å². The van der Waals surface area contributed by atoms with Gasteiger partial charge in [0.05, 0.1) is 0 Å². The number of nitrogens with zero attached hydrogens (tertiary/aromatic N) is 4. The number of hydrogen-bond donors (Lipinski definition) is 0. The summed E-state index contributed by atoms with van der Waals surface area (Å²) in [7, 11) is 0. The van der Waals surface area contributed by atoms with Gasteiger partial charge in [-0.1, -0.05) is 0 Å². The third kappa shape index (κ3) is 2.22. The van der Waals surface area contributed by atoms with Gasteiger partial charge in [-0.25, -0.2) is 0 Å². The third-order valence-corrected chi connectivity index (χ3v) is 11.9. The first-order valence-corrected chi connectivity index (χ1v) is 12.7. The molecule has 5 heteroatoms. The Morgan fingerprint density at radius 1 is 0.900 bits per heavy atom. The maximum atomic E-state index is 5.22. The van der Waals surface area contributed by atoms with Gasteiger partial charge in [0.15, 0.2) is 0 Å². The molecule has 0 spiro atoms. The summed E-state index contributed by atoms with van der Waals surface area (Å²) in [6.07, 6.45) is 2.20. The second-order valence-corrected chi connectivity index (χ2v) is 14.7. The van der Waals surface area contributed by atoms with Crippen molar-refractivity contribution in [3.8, 4) is 0 Å². The summed E-state index contributed by atoms with van der Waals surface area (Å²) in [5, 5.41) is 0. The first-order valence-electron chi connectivity index (χ1n) is 10.5. The molecule has 6 rings (SSSR count). The Balaban J connectivity index is 1.65. The molecular formula is C25H26IN4-. The van der Waals surface area contributed by atoms with Crippen LogP contribution >= 0.6 is 0 Å². The summed E-state index contributed by atoms with van der Waals surface area (Å²) in [6, 6.07) is 19.7. The molecule has 1 saturated heterocycles. The maximum absolute atomic E-state index is 5.22. The van der Waals surface area contributed by atoms with Crippen LogP contribution in [0.3, 0.4) is 0 Å². The number of aromatic nitrogens is 2. The van der Waals surface area contributed by atoms with Gasteiger partial charge < -0.3 is 0 Å². The number of benzene rings is 2. The van der Waals surface area contributed by atoms with Crippen LogP contribution in [-0.4, -0.2) is 19.6 Å². The zero-order chi connectivity index (χ0) is 20.9. The van der Waals surface area contributed by atoms with E-state index in [0.29, 0.717) is 0 Å². The predicted molar refractivity (Wildman–Crippen MR) is 117 cm³/mol. The van der Waals surface area contributed by atoms with Crippen molar-refractivity contribution < 1.29 is 21.2 Å². The Hall–Kier alpha value is -2.15. The van der Waals surface area contributed by atoms with Gasteiger partial charge in [0.25, 0.3) is 0 Å². The number of para-hydroxylation sites is 2.